The van der Waals surface area contributed by atoms with E-state index in [4.69, 9.17) is 17.2 Å². The summed E-state index contributed by atoms with van der Waals surface area (Å²) >= 11 is 0. The minimum absolute atomic E-state index is 0.0180. The normalized spacial score (nSPS) is 16.2. The molecule has 0 saturated heterocycles. The molecule has 0 heterocycles. The van der Waals surface area contributed by atoms with Crippen LogP contribution in [0.2, 0.25) is 0 Å². The van der Waals surface area contributed by atoms with Crippen molar-refractivity contribution in [2.75, 3.05) is 6.54 Å². The Bertz CT molecular complexity index is 740. The lowest BCUT2D eigenvalue weighted by molar-refractivity contribution is -0.143. The molecule has 0 fully saturated rings. The predicted molar refractivity (Wildman–Crippen MR) is 132 cm³/mol. The molecule has 0 aromatic carbocycles. The molecule has 0 radical (unpaired) electrons. The highest BCUT2D eigenvalue weighted by atomic mass is 16.4. The molecular weight excluding hydrogens is 458 g/mol. The van der Waals surface area contributed by atoms with Crippen molar-refractivity contribution in [1.82, 2.24) is 16.0 Å². The first kappa shape index (κ1) is 32.1. The summed E-state index contributed by atoms with van der Waals surface area (Å²) in [5, 5.41) is 26.9. The van der Waals surface area contributed by atoms with Crippen molar-refractivity contribution >= 4 is 29.7 Å². The molecule has 0 aromatic heterocycles. The number of carbonyl (C=O) groups excluding carboxylic acids is 3. The van der Waals surface area contributed by atoms with Crippen molar-refractivity contribution in [2.24, 2.45) is 34.0 Å². The Morgan fingerprint density at radius 1 is 0.914 bits per heavy atom. The zero-order valence-electron chi connectivity index (χ0n) is 21.3. The molecule has 6 atom stereocenters. The number of hydrogen-bond donors (Lipinski definition) is 8. The van der Waals surface area contributed by atoms with Gasteiger partial charge in [0.05, 0.1) is 12.1 Å². The minimum atomic E-state index is -1.45. The maximum atomic E-state index is 13.0. The Morgan fingerprint density at radius 2 is 1.49 bits per heavy atom. The lowest BCUT2D eigenvalue weighted by Gasteiger charge is -2.27. The number of rotatable bonds is 16. The summed E-state index contributed by atoms with van der Waals surface area (Å²) in [6.45, 7) is 8.78. The number of hydrogen-bond acceptors (Lipinski definition) is 7. The fourth-order valence-corrected chi connectivity index (χ4v) is 3.17. The molecule has 13 nitrogen and oxygen atoms in total. The van der Waals surface area contributed by atoms with Crippen LogP contribution in [0.1, 0.15) is 60.3 Å². The Labute approximate surface area is 206 Å². The SMILES string of the molecule is CCC(C)C(N)C(=O)NC(CCCN=C(N)N)C(=O)NC(C(=O)NC(CC(C)C)C(=O)O)C(C)O. The number of aliphatic imine (C=N–C) groups is 1. The summed E-state index contributed by atoms with van der Waals surface area (Å²) in [5.41, 5.74) is 16.6. The van der Waals surface area contributed by atoms with Crippen LogP contribution < -0.4 is 33.2 Å². The maximum Gasteiger partial charge on any atom is 0.326 e. The standard InChI is InChI=1S/C22H43N7O6/c1-6-12(4)16(23)19(32)27-14(8-7-9-26-22(24)25)18(31)29-17(13(5)30)20(33)28-15(21(34)35)10-11(2)3/h11-17,30H,6-10,23H2,1-5H3,(H,27,32)(H,28,33)(H,29,31)(H,34,35)(H4,24,25,26). The molecule has 202 valence electrons. The Balaban J connectivity index is 5.57. The summed E-state index contributed by atoms with van der Waals surface area (Å²) in [6, 6.07) is -4.58. The molecule has 0 aliphatic heterocycles. The predicted octanol–water partition coefficient (Wildman–Crippen LogP) is -1.62. The zero-order chi connectivity index (χ0) is 27.3. The van der Waals surface area contributed by atoms with Crippen molar-refractivity contribution in [1.29, 1.82) is 0 Å². The summed E-state index contributed by atoms with van der Waals surface area (Å²) in [7, 11) is 0. The van der Waals surface area contributed by atoms with Crippen LogP contribution in [0, 0.1) is 11.8 Å². The van der Waals surface area contributed by atoms with Crippen molar-refractivity contribution in [2.45, 2.75) is 90.6 Å². The number of aliphatic carboxylic acids is 1. The van der Waals surface area contributed by atoms with Crippen LogP contribution in [0.4, 0.5) is 0 Å². The van der Waals surface area contributed by atoms with E-state index < -0.39 is 54.0 Å². The molecule has 13 heteroatoms. The molecule has 6 unspecified atom stereocenters. The number of carboxylic acid groups (broad SMARTS) is 1. The van der Waals surface area contributed by atoms with Gasteiger partial charge in [-0.05, 0) is 38.0 Å². The van der Waals surface area contributed by atoms with E-state index in [2.05, 4.69) is 20.9 Å². The third-order valence-corrected chi connectivity index (χ3v) is 5.52. The number of carbonyl (C=O) groups is 4. The number of guanidine groups is 1. The number of amides is 3. The molecule has 0 saturated carbocycles. The Hall–Kier alpha value is -2.93. The monoisotopic (exact) mass is 501 g/mol. The van der Waals surface area contributed by atoms with E-state index in [0.717, 1.165) is 0 Å². The number of aliphatic hydroxyl groups is 1. The quantitative estimate of drug-likeness (QED) is 0.0688. The summed E-state index contributed by atoms with van der Waals surface area (Å²) < 4.78 is 0. The van der Waals surface area contributed by atoms with E-state index in [1.54, 1.807) is 13.8 Å². The van der Waals surface area contributed by atoms with Gasteiger partial charge in [0.2, 0.25) is 17.7 Å². The van der Waals surface area contributed by atoms with Crippen LogP contribution in [0.25, 0.3) is 0 Å². The topological polar surface area (TPSA) is 235 Å². The van der Waals surface area contributed by atoms with Crippen LogP contribution in [-0.4, -0.2) is 76.7 Å². The highest BCUT2D eigenvalue weighted by Crippen LogP contribution is 2.09. The number of nitrogens with zero attached hydrogens (tertiary/aromatic N) is 1. The van der Waals surface area contributed by atoms with E-state index in [1.165, 1.54) is 6.92 Å². The number of aliphatic hydroxyl groups excluding tert-OH is 1. The number of carboxylic acids is 1. The minimum Gasteiger partial charge on any atom is -0.480 e. The number of nitrogens with two attached hydrogens (primary N) is 3. The van der Waals surface area contributed by atoms with Gasteiger partial charge in [0.15, 0.2) is 5.96 Å². The van der Waals surface area contributed by atoms with Gasteiger partial charge < -0.3 is 43.4 Å². The largest absolute Gasteiger partial charge is 0.480 e. The second-order valence-electron chi connectivity index (χ2n) is 9.18. The van der Waals surface area contributed by atoms with E-state index in [-0.39, 0.29) is 37.2 Å². The van der Waals surface area contributed by atoms with E-state index in [0.29, 0.717) is 12.8 Å². The molecule has 0 bridgehead atoms. The van der Waals surface area contributed by atoms with Gasteiger partial charge in [-0.1, -0.05) is 34.1 Å². The van der Waals surface area contributed by atoms with Crippen LogP contribution in [-0.2, 0) is 19.2 Å². The molecule has 3 amide bonds. The highest BCUT2D eigenvalue weighted by molar-refractivity contribution is 5.94. The average molecular weight is 502 g/mol. The smallest absolute Gasteiger partial charge is 0.326 e. The van der Waals surface area contributed by atoms with Gasteiger partial charge in [0.1, 0.15) is 18.1 Å². The van der Waals surface area contributed by atoms with Crippen molar-refractivity contribution < 1.29 is 29.4 Å². The van der Waals surface area contributed by atoms with Gasteiger partial charge in [-0.2, -0.15) is 0 Å². The van der Waals surface area contributed by atoms with Gasteiger partial charge in [0.25, 0.3) is 0 Å². The molecule has 11 N–H and O–H groups in total. The molecule has 0 aromatic rings. The third-order valence-electron chi connectivity index (χ3n) is 5.52. The zero-order valence-corrected chi connectivity index (χ0v) is 21.3. The van der Waals surface area contributed by atoms with Gasteiger partial charge in [0, 0.05) is 6.54 Å². The molecule has 0 rings (SSSR count). The van der Waals surface area contributed by atoms with Crippen LogP contribution in [0.5, 0.6) is 0 Å². The second-order valence-corrected chi connectivity index (χ2v) is 9.18. The summed E-state index contributed by atoms with van der Waals surface area (Å²) in [4.78, 5) is 53.7. The van der Waals surface area contributed by atoms with E-state index in [9.17, 15) is 29.4 Å². The van der Waals surface area contributed by atoms with Gasteiger partial charge in [-0.15, -0.1) is 0 Å². The van der Waals surface area contributed by atoms with Crippen LogP contribution in [0.15, 0.2) is 4.99 Å². The fourth-order valence-electron chi connectivity index (χ4n) is 3.17. The second kappa shape index (κ2) is 15.9. The van der Waals surface area contributed by atoms with E-state index in [1.807, 2.05) is 13.8 Å². The Morgan fingerprint density at radius 3 is 1.94 bits per heavy atom. The van der Waals surface area contributed by atoms with Gasteiger partial charge in [-0.25, -0.2) is 4.79 Å². The highest BCUT2D eigenvalue weighted by Gasteiger charge is 2.33. The van der Waals surface area contributed by atoms with Crippen molar-refractivity contribution in [3.05, 3.63) is 0 Å². The first-order valence-electron chi connectivity index (χ1n) is 11.8. The molecular formula is C22H43N7O6. The molecule has 0 aliphatic carbocycles. The maximum absolute atomic E-state index is 13.0. The van der Waals surface area contributed by atoms with Crippen molar-refractivity contribution in [3.63, 3.8) is 0 Å². The molecule has 0 spiro atoms. The Kier molecular flexibility index (Phi) is 14.5. The van der Waals surface area contributed by atoms with Crippen molar-refractivity contribution in [3.8, 4) is 0 Å². The molecule has 35 heavy (non-hydrogen) atoms. The van der Waals surface area contributed by atoms with Gasteiger partial charge in [-0.3, -0.25) is 19.4 Å². The average Bonchev–Trinajstić information content (AvgIpc) is 2.76. The van der Waals surface area contributed by atoms with Crippen LogP contribution in [0.3, 0.4) is 0 Å². The summed E-state index contributed by atoms with van der Waals surface area (Å²) in [5.74, 6) is -3.64. The van der Waals surface area contributed by atoms with Gasteiger partial charge >= 0.3 is 5.97 Å². The lowest BCUT2D eigenvalue weighted by Crippen LogP contribution is -2.60. The lowest BCUT2D eigenvalue weighted by atomic mass is 9.98. The third kappa shape index (κ3) is 12.4. The first-order chi connectivity index (χ1) is 16.2. The fraction of sp³-hybridized carbons (Fsp3) is 0.773. The summed E-state index contributed by atoms with van der Waals surface area (Å²) in [6.07, 6.45) is -0.0656. The molecule has 0 aliphatic rings. The first-order valence-corrected chi connectivity index (χ1v) is 11.8. The van der Waals surface area contributed by atoms with E-state index >= 15 is 0 Å². The van der Waals surface area contributed by atoms with Crippen LogP contribution >= 0.6 is 0 Å². The number of nitrogens with one attached hydrogen (secondary N) is 3.